The smallest absolute Gasteiger partial charge is 0.125 e. The van der Waals surface area contributed by atoms with Crippen molar-refractivity contribution in [1.82, 2.24) is 0 Å². The van der Waals surface area contributed by atoms with E-state index < -0.39 is 6.10 Å². The van der Waals surface area contributed by atoms with Gasteiger partial charge in [-0.05, 0) is 31.2 Å². The number of ether oxygens (including phenoxy) is 1. The normalized spacial score (nSPS) is 12.2. The maximum Gasteiger partial charge on any atom is 0.125 e. The minimum atomic E-state index is -0.867. The van der Waals surface area contributed by atoms with Gasteiger partial charge in [-0.3, -0.25) is 0 Å². The van der Waals surface area contributed by atoms with Crippen LogP contribution >= 0.6 is 23.2 Å². The highest BCUT2D eigenvalue weighted by Crippen LogP contribution is 2.34. The number of aliphatic hydroxyl groups excluding tert-OH is 1. The lowest BCUT2D eigenvalue weighted by molar-refractivity contribution is 0.212. The molecule has 1 atom stereocenters. The Balaban J connectivity index is 2.43. The van der Waals surface area contributed by atoms with Crippen molar-refractivity contribution in [2.45, 2.75) is 13.0 Å². The molecule has 2 rings (SSSR count). The van der Waals surface area contributed by atoms with Crippen molar-refractivity contribution >= 4 is 23.2 Å². The third kappa shape index (κ3) is 3.21. The second kappa shape index (κ2) is 6.29. The molecule has 0 saturated heterocycles. The van der Waals surface area contributed by atoms with Crippen molar-refractivity contribution in [3.05, 3.63) is 63.6 Å². The molecule has 0 radical (unpaired) electrons. The van der Waals surface area contributed by atoms with Gasteiger partial charge in [0, 0.05) is 21.2 Å². The summed E-state index contributed by atoms with van der Waals surface area (Å²) < 4.78 is 5.51. The van der Waals surface area contributed by atoms with Gasteiger partial charge in [0.2, 0.25) is 0 Å². The van der Waals surface area contributed by atoms with Gasteiger partial charge in [0.05, 0.1) is 6.61 Å². The van der Waals surface area contributed by atoms with Crippen LogP contribution in [0.4, 0.5) is 0 Å². The first-order chi connectivity index (χ1) is 9.13. The molecule has 2 aromatic carbocycles. The van der Waals surface area contributed by atoms with Crippen LogP contribution in [0.2, 0.25) is 10.0 Å². The van der Waals surface area contributed by atoms with Crippen molar-refractivity contribution in [2.24, 2.45) is 0 Å². The quantitative estimate of drug-likeness (QED) is 0.902. The Morgan fingerprint density at radius 1 is 1.11 bits per heavy atom. The Labute approximate surface area is 122 Å². The molecule has 0 bridgehead atoms. The molecule has 1 unspecified atom stereocenters. The molecule has 100 valence electrons. The molecule has 2 nitrogen and oxygen atoms in total. The van der Waals surface area contributed by atoms with Gasteiger partial charge in [0.1, 0.15) is 11.9 Å². The van der Waals surface area contributed by atoms with E-state index in [0.717, 1.165) is 0 Å². The summed E-state index contributed by atoms with van der Waals surface area (Å²) in [4.78, 5) is 0. The molecule has 0 amide bonds. The molecule has 0 fully saturated rings. The Hall–Kier alpha value is -1.22. The third-order valence-corrected chi connectivity index (χ3v) is 3.35. The Kier molecular flexibility index (Phi) is 4.70. The van der Waals surface area contributed by atoms with Crippen LogP contribution in [0.15, 0.2) is 42.5 Å². The second-order valence-corrected chi connectivity index (χ2v) is 4.88. The number of halogens is 2. The first-order valence-corrected chi connectivity index (χ1v) is 6.73. The maximum atomic E-state index is 10.5. The van der Waals surface area contributed by atoms with Crippen LogP contribution in [0.25, 0.3) is 0 Å². The molecule has 0 aliphatic carbocycles. The van der Waals surface area contributed by atoms with Crippen molar-refractivity contribution < 1.29 is 9.84 Å². The zero-order chi connectivity index (χ0) is 13.8. The molecule has 0 saturated carbocycles. The van der Waals surface area contributed by atoms with E-state index >= 15 is 0 Å². The largest absolute Gasteiger partial charge is 0.493 e. The molecule has 0 heterocycles. The number of aliphatic hydroxyl groups is 1. The van der Waals surface area contributed by atoms with Crippen LogP contribution in [0.3, 0.4) is 0 Å². The number of benzene rings is 2. The van der Waals surface area contributed by atoms with Crippen molar-refractivity contribution in [1.29, 1.82) is 0 Å². The van der Waals surface area contributed by atoms with Gasteiger partial charge in [-0.1, -0.05) is 41.4 Å². The average Bonchev–Trinajstić information content (AvgIpc) is 2.42. The van der Waals surface area contributed by atoms with Gasteiger partial charge in [0.15, 0.2) is 0 Å². The lowest BCUT2D eigenvalue weighted by atomic mass is 10.0. The van der Waals surface area contributed by atoms with Crippen molar-refractivity contribution in [2.75, 3.05) is 6.61 Å². The molecular weight excluding hydrogens is 283 g/mol. The number of para-hydroxylation sites is 1. The molecule has 0 aliphatic heterocycles. The summed E-state index contributed by atoms with van der Waals surface area (Å²) in [5, 5.41) is 11.5. The molecule has 19 heavy (non-hydrogen) atoms. The van der Waals surface area contributed by atoms with Crippen LogP contribution in [0.5, 0.6) is 5.75 Å². The zero-order valence-electron chi connectivity index (χ0n) is 10.4. The predicted octanol–water partition coefficient (Wildman–Crippen LogP) is 4.47. The minimum Gasteiger partial charge on any atom is -0.493 e. The first-order valence-electron chi connectivity index (χ1n) is 5.98. The summed E-state index contributed by atoms with van der Waals surface area (Å²) in [5.41, 5.74) is 1.25. The van der Waals surface area contributed by atoms with E-state index in [9.17, 15) is 5.11 Å². The predicted molar refractivity (Wildman–Crippen MR) is 78.1 cm³/mol. The Morgan fingerprint density at radius 3 is 2.58 bits per heavy atom. The van der Waals surface area contributed by atoms with E-state index in [1.54, 1.807) is 18.2 Å². The monoisotopic (exact) mass is 296 g/mol. The fourth-order valence-electron chi connectivity index (χ4n) is 1.89. The maximum absolute atomic E-state index is 10.5. The van der Waals surface area contributed by atoms with Crippen LogP contribution < -0.4 is 4.74 Å². The highest BCUT2D eigenvalue weighted by molar-refractivity contribution is 6.33. The van der Waals surface area contributed by atoms with Crippen LogP contribution in [0.1, 0.15) is 24.2 Å². The zero-order valence-corrected chi connectivity index (χ0v) is 11.9. The van der Waals surface area contributed by atoms with Crippen molar-refractivity contribution in [3.63, 3.8) is 0 Å². The number of hydrogen-bond acceptors (Lipinski definition) is 2. The van der Waals surface area contributed by atoms with Gasteiger partial charge >= 0.3 is 0 Å². The van der Waals surface area contributed by atoms with Gasteiger partial charge in [-0.15, -0.1) is 0 Å². The van der Waals surface area contributed by atoms with Crippen LogP contribution in [-0.4, -0.2) is 11.7 Å². The van der Waals surface area contributed by atoms with Gasteiger partial charge in [-0.2, -0.15) is 0 Å². The minimum absolute atomic E-state index is 0.475. The highest BCUT2D eigenvalue weighted by atomic mass is 35.5. The summed E-state index contributed by atoms with van der Waals surface area (Å²) in [7, 11) is 0. The second-order valence-electron chi connectivity index (χ2n) is 4.04. The molecule has 0 spiro atoms. The standard InChI is InChI=1S/C15H14Cl2O2/c1-2-19-14-6-4-3-5-11(14)15(18)12-9-10(16)7-8-13(12)17/h3-9,15,18H,2H2,1H3. The summed E-state index contributed by atoms with van der Waals surface area (Å²) in [5.74, 6) is 0.647. The molecule has 0 aliphatic rings. The van der Waals surface area contributed by atoms with Gasteiger partial charge in [0.25, 0.3) is 0 Å². The van der Waals surface area contributed by atoms with Crippen LogP contribution in [0, 0.1) is 0 Å². The number of hydrogen-bond donors (Lipinski definition) is 1. The summed E-state index contributed by atoms with van der Waals surface area (Å²) in [6, 6.07) is 12.4. The van der Waals surface area contributed by atoms with E-state index in [1.807, 2.05) is 31.2 Å². The Morgan fingerprint density at radius 2 is 1.84 bits per heavy atom. The molecule has 1 N–H and O–H groups in total. The van der Waals surface area contributed by atoms with E-state index in [-0.39, 0.29) is 0 Å². The SMILES string of the molecule is CCOc1ccccc1C(O)c1cc(Cl)ccc1Cl. The highest BCUT2D eigenvalue weighted by Gasteiger charge is 2.18. The van der Waals surface area contributed by atoms with E-state index in [2.05, 4.69) is 0 Å². The number of rotatable bonds is 4. The molecule has 4 heteroatoms. The Bertz CT molecular complexity index is 570. The summed E-state index contributed by atoms with van der Waals surface area (Å²) in [6.07, 6.45) is -0.867. The summed E-state index contributed by atoms with van der Waals surface area (Å²) in [6.45, 7) is 2.43. The fraction of sp³-hybridized carbons (Fsp3) is 0.200. The topological polar surface area (TPSA) is 29.5 Å². The first kappa shape index (κ1) is 14.2. The van der Waals surface area contributed by atoms with E-state index in [4.69, 9.17) is 27.9 Å². The van der Waals surface area contributed by atoms with Crippen molar-refractivity contribution in [3.8, 4) is 5.75 Å². The lowest BCUT2D eigenvalue weighted by Gasteiger charge is -2.17. The lowest BCUT2D eigenvalue weighted by Crippen LogP contribution is -2.04. The third-order valence-electron chi connectivity index (χ3n) is 2.77. The molecular formula is C15H14Cl2O2. The van der Waals surface area contributed by atoms with Crippen LogP contribution in [-0.2, 0) is 0 Å². The van der Waals surface area contributed by atoms with Gasteiger partial charge < -0.3 is 9.84 Å². The molecule has 0 aromatic heterocycles. The average molecular weight is 297 g/mol. The molecule has 2 aromatic rings. The fourth-order valence-corrected chi connectivity index (χ4v) is 2.29. The van der Waals surface area contributed by atoms with Gasteiger partial charge in [-0.25, -0.2) is 0 Å². The summed E-state index contributed by atoms with van der Waals surface area (Å²) >= 11 is 12.1. The van der Waals surface area contributed by atoms with E-state index in [0.29, 0.717) is 33.5 Å². The van der Waals surface area contributed by atoms with E-state index in [1.165, 1.54) is 0 Å².